The molecule has 0 amide bonds. The number of benzene rings is 1. The number of nitrogens with zero attached hydrogens (tertiary/aromatic N) is 5. The normalized spacial score (nSPS) is 13.8. The van der Waals surface area contributed by atoms with Gasteiger partial charge in [0.2, 0.25) is 11.8 Å². The fraction of sp³-hybridized carbons (Fsp3) is 0.333. The number of hydrogen-bond acceptors (Lipinski definition) is 7. The van der Waals surface area contributed by atoms with Gasteiger partial charge in [0.25, 0.3) is 5.56 Å². The summed E-state index contributed by atoms with van der Waals surface area (Å²) in [6, 6.07) is 6.26. The molecule has 9 nitrogen and oxygen atoms in total. The molecule has 0 unspecified atom stereocenters. The fourth-order valence-electron chi connectivity index (χ4n) is 4.00. The van der Waals surface area contributed by atoms with Gasteiger partial charge in [-0.3, -0.25) is 4.79 Å². The number of oxazole rings is 1. The number of fused-ring (bicyclic) bond motifs is 2. The Balaban J connectivity index is 1.59. The highest BCUT2D eigenvalue weighted by molar-refractivity contribution is 5.77. The van der Waals surface area contributed by atoms with Gasteiger partial charge in [-0.05, 0) is 36.2 Å². The zero-order valence-electron chi connectivity index (χ0n) is 19.1. The summed E-state index contributed by atoms with van der Waals surface area (Å²) in [4.78, 5) is 26.8. The molecule has 3 aromatic heterocycles. The van der Waals surface area contributed by atoms with E-state index in [1.807, 2.05) is 26.8 Å². The molecule has 0 saturated carbocycles. The maximum absolute atomic E-state index is 13.1. The van der Waals surface area contributed by atoms with Crippen LogP contribution in [0.25, 0.3) is 16.9 Å². The zero-order valence-corrected chi connectivity index (χ0v) is 19.1. The topological polar surface area (TPSA) is 103 Å². The van der Waals surface area contributed by atoms with Crippen LogP contribution in [0.1, 0.15) is 37.8 Å². The lowest BCUT2D eigenvalue weighted by Gasteiger charge is -2.18. The van der Waals surface area contributed by atoms with Crippen molar-refractivity contribution in [1.82, 2.24) is 29.6 Å². The first kappa shape index (κ1) is 21.1. The van der Waals surface area contributed by atoms with E-state index in [0.717, 1.165) is 25.2 Å². The maximum atomic E-state index is 13.1. The Hall–Kier alpha value is -3.72. The third kappa shape index (κ3) is 3.84. The fourth-order valence-corrected chi connectivity index (χ4v) is 4.00. The molecule has 170 valence electrons. The molecule has 4 aromatic rings. The van der Waals surface area contributed by atoms with Crippen molar-refractivity contribution >= 4 is 22.7 Å². The van der Waals surface area contributed by atoms with Gasteiger partial charge in [-0.15, -0.1) is 6.58 Å². The summed E-state index contributed by atoms with van der Waals surface area (Å²) in [7, 11) is 0. The summed E-state index contributed by atoms with van der Waals surface area (Å²) in [6.45, 7) is 12.0. The van der Waals surface area contributed by atoms with Gasteiger partial charge >= 0.3 is 0 Å². The monoisotopic (exact) mass is 445 g/mol. The third-order valence-corrected chi connectivity index (χ3v) is 5.68. The van der Waals surface area contributed by atoms with E-state index < -0.39 is 0 Å². The van der Waals surface area contributed by atoms with Gasteiger partial charge in [0.05, 0.1) is 6.54 Å². The molecule has 1 aliphatic rings. The molecule has 0 radical (unpaired) electrons. The summed E-state index contributed by atoms with van der Waals surface area (Å²) in [5.74, 6) is 1.47. The van der Waals surface area contributed by atoms with Crippen molar-refractivity contribution in [3.63, 3.8) is 0 Å². The van der Waals surface area contributed by atoms with Crippen molar-refractivity contribution in [1.29, 1.82) is 0 Å². The number of hydrogen-bond donors (Lipinski definition) is 2. The average Bonchev–Trinajstić information content (AvgIpc) is 3.38. The van der Waals surface area contributed by atoms with Crippen molar-refractivity contribution in [3.05, 3.63) is 70.7 Å². The Morgan fingerprint density at radius 2 is 2.12 bits per heavy atom. The van der Waals surface area contributed by atoms with Crippen molar-refractivity contribution < 1.29 is 4.42 Å². The number of nitrogens with one attached hydrogen (secondary N) is 2. The smallest absolute Gasteiger partial charge is 0.278 e. The number of allylic oxidation sites excluding steroid dienone is 1. The van der Waals surface area contributed by atoms with E-state index in [0.29, 0.717) is 35.2 Å². The minimum Gasteiger partial charge on any atom is -0.446 e. The highest BCUT2D eigenvalue weighted by Gasteiger charge is 2.24. The van der Waals surface area contributed by atoms with E-state index in [4.69, 9.17) is 4.42 Å². The van der Waals surface area contributed by atoms with Crippen LogP contribution in [-0.4, -0.2) is 30.9 Å². The van der Waals surface area contributed by atoms with Gasteiger partial charge in [0, 0.05) is 23.8 Å². The second-order valence-corrected chi connectivity index (χ2v) is 9.21. The van der Waals surface area contributed by atoms with Crippen molar-refractivity contribution in [2.45, 2.75) is 45.7 Å². The number of rotatable bonds is 5. The molecule has 9 heteroatoms. The Morgan fingerprint density at radius 1 is 1.27 bits per heavy atom. The first-order chi connectivity index (χ1) is 15.8. The van der Waals surface area contributed by atoms with E-state index in [9.17, 15) is 4.79 Å². The van der Waals surface area contributed by atoms with Crippen LogP contribution in [0.15, 0.2) is 52.5 Å². The van der Waals surface area contributed by atoms with E-state index in [1.54, 1.807) is 23.2 Å². The Labute approximate surface area is 191 Å². The molecule has 1 aromatic carbocycles. The SMILES string of the molecule is C=CCn1c(=O)c2cnc(Nc3ccc4c(c3)CCNC4)nc2n1-c1coc(C(C)(C)C)n1. The van der Waals surface area contributed by atoms with Crippen LogP contribution < -0.4 is 16.2 Å². The number of anilines is 2. The van der Waals surface area contributed by atoms with Crippen LogP contribution in [0.4, 0.5) is 11.6 Å². The zero-order chi connectivity index (χ0) is 23.2. The van der Waals surface area contributed by atoms with Gasteiger partial charge in [-0.1, -0.05) is 32.9 Å². The maximum Gasteiger partial charge on any atom is 0.278 e. The van der Waals surface area contributed by atoms with Gasteiger partial charge in [0.15, 0.2) is 11.5 Å². The van der Waals surface area contributed by atoms with Crippen molar-refractivity contribution in [2.24, 2.45) is 0 Å². The lowest BCUT2D eigenvalue weighted by Crippen LogP contribution is -2.23. The van der Waals surface area contributed by atoms with Gasteiger partial charge in [-0.25, -0.2) is 14.3 Å². The van der Waals surface area contributed by atoms with E-state index in [2.05, 4.69) is 44.3 Å². The first-order valence-corrected chi connectivity index (χ1v) is 11.0. The standard InChI is InChI=1S/C24H27N7O2/c1-5-10-30-21(32)18-13-26-23(27-17-7-6-16-12-25-9-8-15(16)11-17)29-20(18)31(30)19-14-33-22(28-19)24(2,3)4/h5-7,11,13-14,25H,1,8-10,12H2,2-4H3,(H,26,27,29). The molecule has 0 atom stereocenters. The summed E-state index contributed by atoms with van der Waals surface area (Å²) in [6.07, 6.45) is 5.75. The highest BCUT2D eigenvalue weighted by atomic mass is 16.3. The molecule has 0 aliphatic carbocycles. The summed E-state index contributed by atoms with van der Waals surface area (Å²) in [5, 5.41) is 7.07. The minimum atomic E-state index is -0.269. The van der Waals surface area contributed by atoms with Crippen LogP contribution in [0.5, 0.6) is 0 Å². The van der Waals surface area contributed by atoms with Crippen molar-refractivity contribution in [2.75, 3.05) is 11.9 Å². The molecule has 0 bridgehead atoms. The largest absolute Gasteiger partial charge is 0.446 e. The molecular weight excluding hydrogens is 418 g/mol. The summed E-state index contributed by atoms with van der Waals surface area (Å²) >= 11 is 0. The lowest BCUT2D eigenvalue weighted by molar-refractivity contribution is 0.392. The average molecular weight is 446 g/mol. The lowest BCUT2D eigenvalue weighted by atomic mass is 9.97. The Morgan fingerprint density at radius 3 is 2.88 bits per heavy atom. The molecular formula is C24H27N7O2. The van der Waals surface area contributed by atoms with Gasteiger partial charge < -0.3 is 15.1 Å². The summed E-state index contributed by atoms with van der Waals surface area (Å²) in [5.41, 5.74) is 3.50. The predicted octanol–water partition coefficient (Wildman–Crippen LogP) is 3.44. The molecule has 5 rings (SSSR count). The van der Waals surface area contributed by atoms with Crippen LogP contribution >= 0.6 is 0 Å². The summed E-state index contributed by atoms with van der Waals surface area (Å²) < 4.78 is 8.92. The Bertz CT molecular complexity index is 1400. The highest BCUT2D eigenvalue weighted by Crippen LogP contribution is 2.25. The second-order valence-electron chi connectivity index (χ2n) is 9.21. The quantitative estimate of drug-likeness (QED) is 0.454. The van der Waals surface area contributed by atoms with Crippen LogP contribution in [-0.2, 0) is 24.9 Å². The molecule has 1 aliphatic heterocycles. The molecule has 4 heterocycles. The van der Waals surface area contributed by atoms with Gasteiger partial charge in [0.1, 0.15) is 11.6 Å². The molecule has 33 heavy (non-hydrogen) atoms. The molecule has 0 fully saturated rings. The van der Waals surface area contributed by atoms with E-state index in [-0.39, 0.29) is 11.0 Å². The first-order valence-electron chi connectivity index (χ1n) is 11.0. The van der Waals surface area contributed by atoms with Crippen LogP contribution in [0.2, 0.25) is 0 Å². The molecule has 2 N–H and O–H groups in total. The van der Waals surface area contributed by atoms with Crippen LogP contribution in [0, 0.1) is 0 Å². The van der Waals surface area contributed by atoms with E-state index >= 15 is 0 Å². The predicted molar refractivity (Wildman–Crippen MR) is 127 cm³/mol. The van der Waals surface area contributed by atoms with Crippen molar-refractivity contribution in [3.8, 4) is 5.82 Å². The third-order valence-electron chi connectivity index (χ3n) is 5.68. The van der Waals surface area contributed by atoms with E-state index in [1.165, 1.54) is 15.8 Å². The van der Waals surface area contributed by atoms with Crippen LogP contribution in [0.3, 0.4) is 0 Å². The minimum absolute atomic E-state index is 0.210. The van der Waals surface area contributed by atoms with Gasteiger partial charge in [-0.2, -0.15) is 9.97 Å². The second kappa shape index (κ2) is 8.00. The number of aromatic nitrogens is 5. The molecule has 0 saturated heterocycles. The molecule has 0 spiro atoms. The Kier molecular flexibility index (Phi) is 5.13.